The summed E-state index contributed by atoms with van der Waals surface area (Å²) in [6, 6.07) is 0. The van der Waals surface area contributed by atoms with Gasteiger partial charge in [-0.1, -0.05) is 30.9 Å². The minimum atomic E-state index is 0.536. The van der Waals surface area contributed by atoms with Crippen LogP contribution in [-0.2, 0) is 0 Å². The maximum absolute atomic E-state index is 5.53. The molecule has 0 bridgehead atoms. The first-order valence-electron chi connectivity index (χ1n) is 2.85. The smallest absolute Gasteiger partial charge is 0.0473 e. The lowest BCUT2D eigenvalue weighted by Gasteiger charge is -1.88. The highest BCUT2D eigenvalue weighted by Crippen LogP contribution is 1.98. The fourth-order valence-corrected chi connectivity index (χ4v) is 0.585. The van der Waals surface area contributed by atoms with Gasteiger partial charge in [0, 0.05) is 5.88 Å². The van der Waals surface area contributed by atoms with E-state index in [4.69, 9.17) is 11.6 Å². The van der Waals surface area contributed by atoms with Crippen LogP contribution in [0.4, 0.5) is 0 Å². The molecule has 0 aliphatic carbocycles. The molecule has 0 fully saturated rings. The summed E-state index contributed by atoms with van der Waals surface area (Å²) in [7, 11) is 0. The lowest BCUT2D eigenvalue weighted by molar-refractivity contribution is 1.53. The van der Waals surface area contributed by atoms with Crippen LogP contribution in [-0.4, -0.2) is 5.88 Å². The molecule has 1 heteroatoms. The number of halogens is 1. The second kappa shape index (κ2) is 5.64. The molecule has 0 aliphatic heterocycles. The Hall–Kier alpha value is -0.490. The van der Waals surface area contributed by atoms with E-state index < -0.39 is 0 Å². The summed E-state index contributed by atoms with van der Waals surface area (Å²) in [5, 5.41) is 0. The summed E-state index contributed by atoms with van der Waals surface area (Å²) in [6.07, 6.45) is 7.60. The van der Waals surface area contributed by atoms with E-state index in [-0.39, 0.29) is 0 Å². The van der Waals surface area contributed by atoms with Crippen molar-refractivity contribution < 1.29 is 0 Å². The van der Waals surface area contributed by atoms with Crippen molar-refractivity contribution in [3.8, 4) is 0 Å². The summed E-state index contributed by atoms with van der Waals surface area (Å²) in [4.78, 5) is 0. The number of hydrogen-bond donors (Lipinski definition) is 0. The van der Waals surface area contributed by atoms with Crippen molar-refractivity contribution in [2.45, 2.75) is 6.92 Å². The molecule has 0 aromatic rings. The molecule has 0 saturated carbocycles. The SMILES string of the molecule is C=CC(=CC=CC)CCl. The molecular weight excluding hydrogens is 132 g/mol. The third kappa shape index (κ3) is 4.04. The van der Waals surface area contributed by atoms with Gasteiger partial charge in [-0.25, -0.2) is 0 Å². The zero-order chi connectivity index (χ0) is 7.11. The highest BCUT2D eigenvalue weighted by Gasteiger charge is 1.81. The zero-order valence-corrected chi connectivity index (χ0v) is 6.36. The van der Waals surface area contributed by atoms with Crippen LogP contribution in [0.2, 0.25) is 0 Å². The zero-order valence-electron chi connectivity index (χ0n) is 5.60. The molecule has 0 aliphatic rings. The lowest BCUT2D eigenvalue weighted by Crippen LogP contribution is -1.74. The Morgan fingerprint density at radius 3 is 2.67 bits per heavy atom. The Bertz CT molecular complexity index is 132. The van der Waals surface area contributed by atoms with Crippen molar-refractivity contribution in [2.24, 2.45) is 0 Å². The van der Waals surface area contributed by atoms with Crippen LogP contribution < -0.4 is 0 Å². The number of hydrogen-bond acceptors (Lipinski definition) is 0. The molecule has 0 amide bonds. The quantitative estimate of drug-likeness (QED) is 0.420. The molecule has 0 aromatic heterocycles. The van der Waals surface area contributed by atoms with Crippen LogP contribution in [0, 0.1) is 0 Å². The highest BCUT2D eigenvalue weighted by atomic mass is 35.5. The average molecular weight is 143 g/mol. The molecule has 0 nitrogen and oxygen atoms in total. The molecule has 0 N–H and O–H groups in total. The molecule has 0 unspecified atom stereocenters. The van der Waals surface area contributed by atoms with Gasteiger partial charge in [0.25, 0.3) is 0 Å². The van der Waals surface area contributed by atoms with Crippen molar-refractivity contribution in [3.63, 3.8) is 0 Å². The Morgan fingerprint density at radius 2 is 2.33 bits per heavy atom. The number of allylic oxidation sites excluding steroid dienone is 5. The number of alkyl halides is 1. The van der Waals surface area contributed by atoms with Gasteiger partial charge in [-0.05, 0) is 12.5 Å². The average Bonchev–Trinajstić information content (AvgIpc) is 1.91. The van der Waals surface area contributed by atoms with E-state index in [1.54, 1.807) is 6.08 Å². The monoisotopic (exact) mass is 142 g/mol. The second-order valence-electron chi connectivity index (χ2n) is 1.61. The first-order chi connectivity index (χ1) is 4.35. The van der Waals surface area contributed by atoms with Crippen LogP contribution in [0.25, 0.3) is 0 Å². The van der Waals surface area contributed by atoms with Gasteiger partial charge >= 0.3 is 0 Å². The molecule has 50 valence electrons. The third-order valence-electron chi connectivity index (χ3n) is 0.919. The topological polar surface area (TPSA) is 0 Å². The van der Waals surface area contributed by atoms with Gasteiger partial charge in [0.15, 0.2) is 0 Å². The summed E-state index contributed by atoms with van der Waals surface area (Å²) in [6.45, 7) is 5.56. The van der Waals surface area contributed by atoms with E-state index in [0.29, 0.717) is 5.88 Å². The molecule has 0 saturated heterocycles. The number of rotatable bonds is 3. The fourth-order valence-electron chi connectivity index (χ4n) is 0.387. The summed E-state index contributed by atoms with van der Waals surface area (Å²) < 4.78 is 0. The van der Waals surface area contributed by atoms with Gasteiger partial charge in [-0.15, -0.1) is 11.6 Å². The Labute approximate surface area is 61.5 Å². The van der Waals surface area contributed by atoms with Crippen molar-refractivity contribution in [2.75, 3.05) is 5.88 Å². The Kier molecular flexibility index (Phi) is 5.34. The van der Waals surface area contributed by atoms with Crippen molar-refractivity contribution in [1.29, 1.82) is 0 Å². The minimum Gasteiger partial charge on any atom is -0.122 e. The van der Waals surface area contributed by atoms with E-state index in [9.17, 15) is 0 Å². The van der Waals surface area contributed by atoms with E-state index in [1.165, 1.54) is 0 Å². The summed E-state index contributed by atoms with van der Waals surface area (Å²) in [5.74, 6) is 0.536. The molecule has 0 spiro atoms. The van der Waals surface area contributed by atoms with Crippen molar-refractivity contribution in [3.05, 3.63) is 36.5 Å². The first-order valence-corrected chi connectivity index (χ1v) is 3.38. The Morgan fingerprint density at radius 1 is 1.67 bits per heavy atom. The Balaban J connectivity index is 3.90. The van der Waals surface area contributed by atoms with Crippen molar-refractivity contribution >= 4 is 11.6 Å². The largest absolute Gasteiger partial charge is 0.122 e. The molecule has 0 rings (SSSR count). The standard InChI is InChI=1S/C8H11Cl/c1-3-5-6-8(4-2)7-9/h3-6H,2,7H2,1H3. The second-order valence-corrected chi connectivity index (χ2v) is 1.87. The highest BCUT2D eigenvalue weighted by molar-refractivity contribution is 6.19. The van der Waals surface area contributed by atoms with Gasteiger partial charge in [-0.3, -0.25) is 0 Å². The molecule has 9 heavy (non-hydrogen) atoms. The van der Waals surface area contributed by atoms with Gasteiger partial charge in [0.05, 0.1) is 0 Å². The molecule has 0 heterocycles. The molecular formula is C8H11Cl. The summed E-state index contributed by atoms with van der Waals surface area (Å²) in [5.41, 5.74) is 1.05. The van der Waals surface area contributed by atoms with Gasteiger partial charge < -0.3 is 0 Å². The van der Waals surface area contributed by atoms with Gasteiger partial charge in [-0.2, -0.15) is 0 Å². The van der Waals surface area contributed by atoms with E-state index >= 15 is 0 Å². The van der Waals surface area contributed by atoms with Crippen molar-refractivity contribution in [1.82, 2.24) is 0 Å². The fraction of sp³-hybridized carbons (Fsp3) is 0.250. The van der Waals surface area contributed by atoms with Crippen LogP contribution in [0.1, 0.15) is 6.92 Å². The lowest BCUT2D eigenvalue weighted by atomic mass is 10.3. The minimum absolute atomic E-state index is 0.536. The van der Waals surface area contributed by atoms with Gasteiger partial charge in [0.1, 0.15) is 0 Å². The van der Waals surface area contributed by atoms with Crippen LogP contribution in [0.15, 0.2) is 36.5 Å². The first kappa shape index (κ1) is 8.51. The van der Waals surface area contributed by atoms with Crippen LogP contribution in [0.5, 0.6) is 0 Å². The third-order valence-corrected chi connectivity index (χ3v) is 1.23. The van der Waals surface area contributed by atoms with Gasteiger partial charge in [0.2, 0.25) is 0 Å². The summed E-state index contributed by atoms with van der Waals surface area (Å²) >= 11 is 5.53. The normalized spacial score (nSPS) is 12.4. The molecule has 0 radical (unpaired) electrons. The van der Waals surface area contributed by atoms with E-state index in [2.05, 4.69) is 6.58 Å². The predicted octanol–water partition coefficient (Wildman–Crippen LogP) is 2.91. The van der Waals surface area contributed by atoms with E-state index in [0.717, 1.165) is 5.57 Å². The maximum atomic E-state index is 5.53. The van der Waals surface area contributed by atoms with E-state index in [1.807, 2.05) is 25.2 Å². The maximum Gasteiger partial charge on any atom is 0.0473 e. The van der Waals surface area contributed by atoms with Crippen LogP contribution >= 0.6 is 11.6 Å². The predicted molar refractivity (Wildman–Crippen MR) is 43.8 cm³/mol. The molecule has 0 aromatic carbocycles. The van der Waals surface area contributed by atoms with Crippen LogP contribution in [0.3, 0.4) is 0 Å². The molecule has 0 atom stereocenters.